The molecule has 96 valence electrons. The zero-order chi connectivity index (χ0) is 13.4. The van der Waals surface area contributed by atoms with Gasteiger partial charge in [-0.25, -0.2) is 0 Å². The first-order valence-electron chi connectivity index (χ1n) is 7.05. The molecule has 0 aliphatic heterocycles. The summed E-state index contributed by atoms with van der Waals surface area (Å²) in [5.74, 6) is 0.584. The van der Waals surface area contributed by atoms with Crippen molar-refractivity contribution in [2.24, 2.45) is 0 Å². The van der Waals surface area contributed by atoms with Gasteiger partial charge in [0, 0.05) is 0 Å². The van der Waals surface area contributed by atoms with Gasteiger partial charge >= 0.3 is 0 Å². The molecule has 0 spiro atoms. The van der Waals surface area contributed by atoms with Crippen molar-refractivity contribution in [3.8, 4) is 0 Å². The highest BCUT2D eigenvalue weighted by molar-refractivity contribution is 5.90. The Hall–Kier alpha value is -1.82. The summed E-state index contributed by atoms with van der Waals surface area (Å²) in [5, 5.41) is 0. The lowest BCUT2D eigenvalue weighted by atomic mass is 9.92. The molecule has 0 N–H and O–H groups in total. The van der Waals surface area contributed by atoms with Crippen LogP contribution in [0.3, 0.4) is 0 Å². The number of aryl methyl sites for hydroxylation is 1. The molecule has 0 heterocycles. The molecule has 2 aromatic carbocycles. The van der Waals surface area contributed by atoms with E-state index in [2.05, 4.69) is 69.3 Å². The highest BCUT2D eigenvalue weighted by Crippen LogP contribution is 2.37. The van der Waals surface area contributed by atoms with Crippen molar-refractivity contribution >= 4 is 11.6 Å². The summed E-state index contributed by atoms with van der Waals surface area (Å²) in [4.78, 5) is 0. The van der Waals surface area contributed by atoms with E-state index in [9.17, 15) is 0 Å². The summed E-state index contributed by atoms with van der Waals surface area (Å²) in [6.45, 7) is 6.78. The van der Waals surface area contributed by atoms with Gasteiger partial charge in [0.25, 0.3) is 0 Å². The predicted octanol–water partition coefficient (Wildman–Crippen LogP) is 5.22. The van der Waals surface area contributed by atoms with Gasteiger partial charge in [-0.15, -0.1) is 0 Å². The van der Waals surface area contributed by atoms with E-state index in [0.717, 1.165) is 6.42 Å². The van der Waals surface area contributed by atoms with E-state index in [1.54, 1.807) is 0 Å². The van der Waals surface area contributed by atoms with Crippen molar-refractivity contribution in [3.05, 3.63) is 70.3 Å². The first-order chi connectivity index (χ1) is 9.16. The minimum Gasteiger partial charge on any atom is -0.0622 e. The van der Waals surface area contributed by atoms with E-state index >= 15 is 0 Å². The second-order valence-corrected chi connectivity index (χ2v) is 5.73. The van der Waals surface area contributed by atoms with Crippen LogP contribution >= 0.6 is 0 Å². The molecule has 0 nitrogen and oxygen atoms in total. The summed E-state index contributed by atoms with van der Waals surface area (Å²) >= 11 is 0. The molecule has 0 bridgehead atoms. The quantitative estimate of drug-likeness (QED) is 0.684. The van der Waals surface area contributed by atoms with E-state index in [1.807, 2.05) is 0 Å². The summed E-state index contributed by atoms with van der Waals surface area (Å²) < 4.78 is 0. The third-order valence-electron chi connectivity index (χ3n) is 4.08. The van der Waals surface area contributed by atoms with E-state index in [-0.39, 0.29) is 0 Å². The Morgan fingerprint density at radius 3 is 2.37 bits per heavy atom. The highest BCUT2D eigenvalue weighted by Gasteiger charge is 2.19. The smallest absolute Gasteiger partial charge is 0.00109 e. The van der Waals surface area contributed by atoms with Crippen LogP contribution in [0.15, 0.2) is 42.5 Å². The van der Waals surface area contributed by atoms with Gasteiger partial charge < -0.3 is 0 Å². The van der Waals surface area contributed by atoms with Gasteiger partial charge in [0.1, 0.15) is 0 Å². The average Bonchev–Trinajstić information content (AvgIpc) is 2.85. The number of fused-ring (bicyclic) bond motifs is 1. The second kappa shape index (κ2) is 4.70. The molecule has 0 fully saturated rings. The van der Waals surface area contributed by atoms with Crippen LogP contribution in [0.2, 0.25) is 0 Å². The molecule has 0 aromatic heterocycles. The molecule has 0 unspecified atom stereocenters. The van der Waals surface area contributed by atoms with Gasteiger partial charge in [0.15, 0.2) is 0 Å². The molecule has 3 rings (SSSR count). The molecular formula is C19H20. The van der Waals surface area contributed by atoms with Crippen molar-refractivity contribution in [2.45, 2.75) is 33.1 Å². The standard InChI is InChI=1S/C19H20/c1-13(2)17-10-9-14(3)18-11-16(12-19(17)18)15-7-5-4-6-8-15/h4-10,12-13H,11H2,1-3H3. The minimum atomic E-state index is 0.584. The van der Waals surface area contributed by atoms with Crippen LogP contribution in [0.4, 0.5) is 0 Å². The van der Waals surface area contributed by atoms with Crippen LogP contribution < -0.4 is 0 Å². The lowest BCUT2D eigenvalue weighted by molar-refractivity contribution is 0.861. The average molecular weight is 248 g/mol. The normalized spacial score (nSPS) is 13.6. The maximum Gasteiger partial charge on any atom is -0.00109 e. The molecule has 0 atom stereocenters. The Morgan fingerprint density at radius 2 is 1.68 bits per heavy atom. The van der Waals surface area contributed by atoms with Crippen molar-refractivity contribution in [1.82, 2.24) is 0 Å². The Balaban J connectivity index is 2.10. The Morgan fingerprint density at radius 1 is 0.947 bits per heavy atom. The van der Waals surface area contributed by atoms with Crippen molar-refractivity contribution in [1.29, 1.82) is 0 Å². The summed E-state index contributed by atoms with van der Waals surface area (Å²) in [6.07, 6.45) is 3.47. The summed E-state index contributed by atoms with van der Waals surface area (Å²) in [7, 11) is 0. The summed E-state index contributed by atoms with van der Waals surface area (Å²) in [5.41, 5.74) is 8.69. The molecule has 0 saturated carbocycles. The molecule has 1 aliphatic rings. The molecular weight excluding hydrogens is 228 g/mol. The minimum absolute atomic E-state index is 0.584. The largest absolute Gasteiger partial charge is 0.0622 e. The molecule has 0 radical (unpaired) electrons. The third-order valence-corrected chi connectivity index (χ3v) is 4.08. The lowest BCUT2D eigenvalue weighted by Crippen LogP contribution is -1.96. The van der Waals surface area contributed by atoms with Crippen molar-refractivity contribution in [2.75, 3.05) is 0 Å². The SMILES string of the molecule is Cc1ccc(C(C)C)c2c1CC(c1ccccc1)=C2. The van der Waals surface area contributed by atoms with E-state index in [0.29, 0.717) is 5.92 Å². The topological polar surface area (TPSA) is 0 Å². The highest BCUT2D eigenvalue weighted by atomic mass is 14.2. The van der Waals surface area contributed by atoms with Crippen LogP contribution in [-0.2, 0) is 6.42 Å². The van der Waals surface area contributed by atoms with Crippen LogP contribution in [-0.4, -0.2) is 0 Å². The molecule has 0 saturated heterocycles. The number of hydrogen-bond acceptors (Lipinski definition) is 0. The number of hydrogen-bond donors (Lipinski definition) is 0. The second-order valence-electron chi connectivity index (χ2n) is 5.73. The van der Waals surface area contributed by atoms with Gasteiger partial charge in [-0.05, 0) is 52.7 Å². The maximum absolute atomic E-state index is 2.40. The van der Waals surface area contributed by atoms with Crippen molar-refractivity contribution in [3.63, 3.8) is 0 Å². The number of allylic oxidation sites excluding steroid dienone is 1. The van der Waals surface area contributed by atoms with E-state index in [1.165, 1.54) is 33.4 Å². The zero-order valence-electron chi connectivity index (χ0n) is 11.9. The van der Waals surface area contributed by atoms with Crippen LogP contribution in [0.1, 0.15) is 47.6 Å². The zero-order valence-corrected chi connectivity index (χ0v) is 11.9. The predicted molar refractivity (Wildman–Crippen MR) is 83.3 cm³/mol. The maximum atomic E-state index is 2.40. The van der Waals surface area contributed by atoms with E-state index in [4.69, 9.17) is 0 Å². The first-order valence-corrected chi connectivity index (χ1v) is 7.05. The fourth-order valence-corrected chi connectivity index (χ4v) is 2.95. The molecule has 0 amide bonds. The number of rotatable bonds is 2. The third kappa shape index (κ3) is 2.12. The van der Waals surface area contributed by atoms with Crippen LogP contribution in [0, 0.1) is 6.92 Å². The van der Waals surface area contributed by atoms with Crippen molar-refractivity contribution < 1.29 is 0 Å². The van der Waals surface area contributed by atoms with Gasteiger partial charge in [0.2, 0.25) is 0 Å². The fraction of sp³-hybridized carbons (Fsp3) is 0.263. The Labute approximate surface area is 115 Å². The first kappa shape index (κ1) is 12.2. The van der Waals surface area contributed by atoms with E-state index < -0.39 is 0 Å². The van der Waals surface area contributed by atoms with Crippen LogP contribution in [0.25, 0.3) is 11.6 Å². The van der Waals surface area contributed by atoms with Crippen LogP contribution in [0.5, 0.6) is 0 Å². The van der Waals surface area contributed by atoms with Gasteiger partial charge in [0.05, 0.1) is 0 Å². The Kier molecular flexibility index (Phi) is 3.02. The Bertz CT molecular complexity index is 631. The van der Waals surface area contributed by atoms with Gasteiger partial charge in [-0.3, -0.25) is 0 Å². The molecule has 19 heavy (non-hydrogen) atoms. The molecule has 2 aromatic rings. The summed E-state index contributed by atoms with van der Waals surface area (Å²) in [6, 6.07) is 15.3. The number of benzene rings is 2. The molecule has 1 aliphatic carbocycles. The van der Waals surface area contributed by atoms with Gasteiger partial charge in [-0.2, -0.15) is 0 Å². The van der Waals surface area contributed by atoms with Gasteiger partial charge in [-0.1, -0.05) is 62.4 Å². The monoisotopic (exact) mass is 248 g/mol. The lowest BCUT2D eigenvalue weighted by Gasteiger charge is -2.13. The fourth-order valence-electron chi connectivity index (χ4n) is 2.95. The molecule has 0 heteroatoms.